The Hall–Kier alpha value is -2.01. The van der Waals surface area contributed by atoms with Crippen LogP contribution < -0.4 is 4.90 Å². The molecule has 0 fully saturated rings. The van der Waals surface area contributed by atoms with Crippen molar-refractivity contribution >= 4 is 22.4 Å². The fraction of sp³-hybridized carbons (Fsp3) is 0.278. The predicted molar refractivity (Wildman–Crippen MR) is 90.2 cm³/mol. The molecule has 0 unspecified atom stereocenters. The van der Waals surface area contributed by atoms with Crippen molar-refractivity contribution in [2.45, 2.75) is 24.3 Å². The van der Waals surface area contributed by atoms with Crippen molar-refractivity contribution in [3.63, 3.8) is 0 Å². The standard InChI is InChI=1S/C18H18FNO2S/c1-13(23(22)12-14-6-8-16(19)9-7-14)18(21)20-11-10-15-4-2-3-5-17(15)20/h2-9,13H,10-12H2,1H3/t13-,23-/m1/s1. The third-order valence-electron chi connectivity index (χ3n) is 4.12. The first-order chi connectivity index (χ1) is 11.1. The van der Waals surface area contributed by atoms with Crippen molar-refractivity contribution in [2.75, 3.05) is 11.4 Å². The number of carbonyl (C=O) groups excluding carboxylic acids is 1. The van der Waals surface area contributed by atoms with E-state index >= 15 is 0 Å². The van der Waals surface area contributed by atoms with Crippen molar-refractivity contribution < 1.29 is 13.4 Å². The Balaban J connectivity index is 1.70. The van der Waals surface area contributed by atoms with Gasteiger partial charge in [-0.25, -0.2) is 4.39 Å². The van der Waals surface area contributed by atoms with Gasteiger partial charge in [-0.1, -0.05) is 30.3 Å². The number of anilines is 1. The Kier molecular flexibility index (Phi) is 4.57. The van der Waals surface area contributed by atoms with E-state index in [4.69, 9.17) is 0 Å². The SMILES string of the molecule is C[C@H](C(=O)N1CCc2ccccc21)[S@](=O)Cc1ccc(F)cc1. The monoisotopic (exact) mass is 331 g/mol. The van der Waals surface area contributed by atoms with Gasteiger partial charge in [0, 0.05) is 28.8 Å². The van der Waals surface area contributed by atoms with Gasteiger partial charge < -0.3 is 4.90 Å². The topological polar surface area (TPSA) is 37.4 Å². The van der Waals surface area contributed by atoms with Crippen LogP contribution in [0.1, 0.15) is 18.1 Å². The second-order valence-corrected chi connectivity index (χ2v) is 7.42. The van der Waals surface area contributed by atoms with E-state index in [9.17, 15) is 13.4 Å². The zero-order valence-corrected chi connectivity index (χ0v) is 13.7. The summed E-state index contributed by atoms with van der Waals surface area (Å²) in [6, 6.07) is 13.7. The smallest absolute Gasteiger partial charge is 0.242 e. The van der Waals surface area contributed by atoms with Crippen LogP contribution in [0.5, 0.6) is 0 Å². The summed E-state index contributed by atoms with van der Waals surface area (Å²) in [6.07, 6.45) is 0.833. The number of rotatable bonds is 4. The second kappa shape index (κ2) is 6.62. The molecule has 0 saturated heterocycles. The number of benzene rings is 2. The maximum Gasteiger partial charge on any atom is 0.242 e. The third kappa shape index (κ3) is 3.34. The highest BCUT2D eigenvalue weighted by Gasteiger charge is 2.30. The first-order valence-electron chi connectivity index (χ1n) is 7.57. The largest absolute Gasteiger partial charge is 0.311 e. The summed E-state index contributed by atoms with van der Waals surface area (Å²) in [6.45, 7) is 2.33. The summed E-state index contributed by atoms with van der Waals surface area (Å²) in [5.41, 5.74) is 2.84. The highest BCUT2D eigenvalue weighted by molar-refractivity contribution is 7.85. The molecular formula is C18H18FNO2S. The molecule has 0 spiro atoms. The van der Waals surface area contributed by atoms with Gasteiger partial charge in [0.1, 0.15) is 11.1 Å². The average molecular weight is 331 g/mol. The van der Waals surface area contributed by atoms with Gasteiger partial charge in [0.25, 0.3) is 0 Å². The second-order valence-electron chi connectivity index (χ2n) is 5.66. The Bertz CT molecular complexity index is 745. The van der Waals surface area contributed by atoms with Gasteiger partial charge in [0.05, 0.1) is 0 Å². The van der Waals surface area contributed by atoms with E-state index in [-0.39, 0.29) is 17.5 Å². The molecule has 0 N–H and O–H groups in total. The molecule has 1 heterocycles. The molecule has 0 radical (unpaired) electrons. The van der Waals surface area contributed by atoms with E-state index in [2.05, 4.69) is 0 Å². The molecule has 0 aliphatic carbocycles. The average Bonchev–Trinajstić information content (AvgIpc) is 2.99. The molecule has 0 aromatic heterocycles. The molecule has 3 nitrogen and oxygen atoms in total. The number of hydrogen-bond donors (Lipinski definition) is 0. The molecule has 23 heavy (non-hydrogen) atoms. The van der Waals surface area contributed by atoms with Crippen LogP contribution in [0.15, 0.2) is 48.5 Å². The van der Waals surface area contributed by atoms with Crippen LogP contribution >= 0.6 is 0 Å². The van der Waals surface area contributed by atoms with E-state index in [1.165, 1.54) is 12.1 Å². The fourth-order valence-electron chi connectivity index (χ4n) is 2.77. The van der Waals surface area contributed by atoms with Gasteiger partial charge >= 0.3 is 0 Å². The van der Waals surface area contributed by atoms with Crippen LogP contribution in [-0.2, 0) is 27.8 Å². The van der Waals surface area contributed by atoms with Crippen molar-refractivity contribution in [3.05, 3.63) is 65.5 Å². The minimum absolute atomic E-state index is 0.115. The van der Waals surface area contributed by atoms with Gasteiger partial charge in [0.2, 0.25) is 5.91 Å². The minimum atomic E-state index is -1.34. The lowest BCUT2D eigenvalue weighted by Gasteiger charge is -2.21. The molecule has 0 saturated carbocycles. The van der Waals surface area contributed by atoms with Gasteiger partial charge in [-0.15, -0.1) is 0 Å². The summed E-state index contributed by atoms with van der Waals surface area (Å²) >= 11 is 0. The molecule has 1 aliphatic rings. The summed E-state index contributed by atoms with van der Waals surface area (Å²) in [4.78, 5) is 14.4. The van der Waals surface area contributed by atoms with Gasteiger partial charge in [-0.3, -0.25) is 9.00 Å². The molecule has 0 bridgehead atoms. The highest BCUT2D eigenvalue weighted by atomic mass is 32.2. The quantitative estimate of drug-likeness (QED) is 0.863. The molecule has 3 rings (SSSR count). The van der Waals surface area contributed by atoms with E-state index in [0.29, 0.717) is 6.54 Å². The summed E-state index contributed by atoms with van der Waals surface area (Å²) in [7, 11) is -1.34. The zero-order chi connectivity index (χ0) is 16.4. The number of carbonyl (C=O) groups is 1. The van der Waals surface area contributed by atoms with Crippen LogP contribution in [0.4, 0.5) is 10.1 Å². The first kappa shape index (κ1) is 15.9. The van der Waals surface area contributed by atoms with Crippen molar-refractivity contribution in [1.29, 1.82) is 0 Å². The molecule has 2 atom stereocenters. The van der Waals surface area contributed by atoms with Crippen molar-refractivity contribution in [3.8, 4) is 0 Å². The lowest BCUT2D eigenvalue weighted by atomic mass is 10.2. The van der Waals surface area contributed by atoms with Crippen LogP contribution in [0, 0.1) is 5.82 Å². The number of halogens is 1. The first-order valence-corrected chi connectivity index (χ1v) is 8.95. The Morgan fingerprint density at radius 2 is 1.91 bits per heavy atom. The molecule has 1 amide bonds. The lowest BCUT2D eigenvalue weighted by molar-refractivity contribution is -0.117. The number of para-hydroxylation sites is 1. The van der Waals surface area contributed by atoms with Crippen LogP contribution in [0.3, 0.4) is 0 Å². The van der Waals surface area contributed by atoms with E-state index < -0.39 is 16.0 Å². The number of amides is 1. The van der Waals surface area contributed by atoms with E-state index in [0.717, 1.165) is 23.2 Å². The van der Waals surface area contributed by atoms with Gasteiger partial charge in [-0.2, -0.15) is 0 Å². The Morgan fingerprint density at radius 3 is 2.65 bits per heavy atom. The summed E-state index contributed by atoms with van der Waals surface area (Å²) < 4.78 is 25.4. The van der Waals surface area contributed by atoms with E-state index in [1.54, 1.807) is 24.0 Å². The van der Waals surface area contributed by atoms with Crippen LogP contribution in [0.2, 0.25) is 0 Å². The van der Waals surface area contributed by atoms with E-state index in [1.807, 2.05) is 24.3 Å². The summed E-state index contributed by atoms with van der Waals surface area (Å²) in [5.74, 6) is -0.185. The third-order valence-corrected chi connectivity index (χ3v) is 5.73. The lowest BCUT2D eigenvalue weighted by Crippen LogP contribution is -2.39. The molecule has 5 heteroatoms. The van der Waals surface area contributed by atoms with Gasteiger partial charge in [0.15, 0.2) is 0 Å². The van der Waals surface area contributed by atoms with Crippen molar-refractivity contribution in [1.82, 2.24) is 0 Å². The van der Waals surface area contributed by atoms with Crippen LogP contribution in [-0.4, -0.2) is 21.9 Å². The fourth-order valence-corrected chi connectivity index (χ4v) is 3.89. The Labute approximate surface area is 137 Å². The minimum Gasteiger partial charge on any atom is -0.311 e. The molecule has 1 aliphatic heterocycles. The molecule has 120 valence electrons. The van der Waals surface area contributed by atoms with Crippen molar-refractivity contribution in [2.24, 2.45) is 0 Å². The summed E-state index contributed by atoms with van der Waals surface area (Å²) in [5, 5.41) is -0.591. The molecule has 2 aromatic carbocycles. The number of fused-ring (bicyclic) bond motifs is 1. The number of hydrogen-bond acceptors (Lipinski definition) is 2. The Morgan fingerprint density at radius 1 is 1.22 bits per heavy atom. The predicted octanol–water partition coefficient (Wildman–Crippen LogP) is 3.05. The normalized spacial score (nSPS) is 16.0. The van der Waals surface area contributed by atoms with Gasteiger partial charge in [-0.05, 0) is 42.7 Å². The maximum atomic E-state index is 12.9. The van der Waals surface area contributed by atoms with Crippen LogP contribution in [0.25, 0.3) is 0 Å². The molecule has 2 aromatic rings. The molecular weight excluding hydrogens is 313 g/mol. The number of nitrogens with zero attached hydrogens (tertiary/aromatic N) is 1. The maximum absolute atomic E-state index is 12.9. The highest BCUT2D eigenvalue weighted by Crippen LogP contribution is 2.28. The zero-order valence-electron chi connectivity index (χ0n) is 12.9.